The minimum atomic E-state index is -0.543. The second kappa shape index (κ2) is 8.62. The Morgan fingerprint density at radius 3 is 2.76 bits per heavy atom. The number of nitrogens with one attached hydrogen (secondary N) is 1. The number of pyridine rings is 1. The lowest BCUT2D eigenvalue weighted by atomic mass is 10.1. The number of nitrogens with zero attached hydrogens (tertiary/aromatic N) is 1. The van der Waals surface area contributed by atoms with Crippen molar-refractivity contribution in [2.45, 2.75) is 59.1 Å². The van der Waals surface area contributed by atoms with Crippen molar-refractivity contribution >= 4 is 5.91 Å². The number of aryl methyl sites for hydroxylation is 1. The number of hydrogen-bond donors (Lipinski definition) is 2. The van der Waals surface area contributed by atoms with Crippen LogP contribution in [0.3, 0.4) is 0 Å². The zero-order valence-electron chi connectivity index (χ0n) is 13.5. The molecule has 1 rings (SSSR count). The first-order valence-corrected chi connectivity index (χ1v) is 7.60. The summed E-state index contributed by atoms with van der Waals surface area (Å²) in [7, 11) is 0. The number of carbonyl (C=O) groups is 1. The van der Waals surface area contributed by atoms with E-state index in [-0.39, 0.29) is 11.9 Å². The molecule has 0 spiro atoms. The molecule has 0 radical (unpaired) electrons. The molecule has 2 atom stereocenters. The zero-order chi connectivity index (χ0) is 15.8. The highest BCUT2D eigenvalue weighted by atomic mass is 16.5. The van der Waals surface area contributed by atoms with Crippen LogP contribution in [0.15, 0.2) is 12.1 Å². The SMILES string of the molecule is CCCCNC(=O)C(C)Oc1ccc(C)nc1CC(C)N. The second-order valence-electron chi connectivity index (χ2n) is 5.48. The summed E-state index contributed by atoms with van der Waals surface area (Å²) in [6.07, 6.45) is 2.11. The monoisotopic (exact) mass is 293 g/mol. The third-order valence-corrected chi connectivity index (χ3v) is 3.09. The molecule has 5 nitrogen and oxygen atoms in total. The normalized spacial score (nSPS) is 13.6. The van der Waals surface area contributed by atoms with Crippen LogP contribution in [0.5, 0.6) is 5.75 Å². The highest BCUT2D eigenvalue weighted by Gasteiger charge is 2.17. The average molecular weight is 293 g/mol. The Balaban J connectivity index is 2.70. The largest absolute Gasteiger partial charge is 0.479 e. The van der Waals surface area contributed by atoms with Crippen LogP contribution in [-0.4, -0.2) is 29.6 Å². The van der Waals surface area contributed by atoms with Gasteiger partial charge in [0.15, 0.2) is 6.10 Å². The average Bonchev–Trinajstić information content (AvgIpc) is 2.41. The third kappa shape index (κ3) is 6.12. The van der Waals surface area contributed by atoms with Crippen molar-refractivity contribution in [2.75, 3.05) is 6.54 Å². The lowest BCUT2D eigenvalue weighted by Gasteiger charge is -2.18. The molecule has 3 N–H and O–H groups in total. The van der Waals surface area contributed by atoms with Gasteiger partial charge in [-0.05, 0) is 39.3 Å². The van der Waals surface area contributed by atoms with Crippen LogP contribution in [0.25, 0.3) is 0 Å². The summed E-state index contributed by atoms with van der Waals surface area (Å²) >= 11 is 0. The maximum absolute atomic E-state index is 11.9. The van der Waals surface area contributed by atoms with Gasteiger partial charge in [0.2, 0.25) is 0 Å². The van der Waals surface area contributed by atoms with Crippen molar-refractivity contribution in [1.82, 2.24) is 10.3 Å². The van der Waals surface area contributed by atoms with Crippen molar-refractivity contribution < 1.29 is 9.53 Å². The van der Waals surface area contributed by atoms with Crippen molar-refractivity contribution in [3.8, 4) is 5.75 Å². The molecule has 1 heterocycles. The lowest BCUT2D eigenvalue weighted by molar-refractivity contribution is -0.127. The fourth-order valence-electron chi connectivity index (χ4n) is 1.93. The van der Waals surface area contributed by atoms with E-state index in [2.05, 4.69) is 17.2 Å². The van der Waals surface area contributed by atoms with E-state index in [0.717, 1.165) is 24.2 Å². The maximum atomic E-state index is 11.9. The molecule has 0 aliphatic rings. The van der Waals surface area contributed by atoms with E-state index in [9.17, 15) is 4.79 Å². The number of rotatable bonds is 8. The molecule has 1 amide bonds. The molecule has 21 heavy (non-hydrogen) atoms. The molecule has 0 bridgehead atoms. The summed E-state index contributed by atoms with van der Waals surface area (Å²) in [6, 6.07) is 3.73. The molecular formula is C16H27N3O2. The van der Waals surface area contributed by atoms with E-state index in [0.29, 0.717) is 18.7 Å². The molecule has 2 unspecified atom stereocenters. The third-order valence-electron chi connectivity index (χ3n) is 3.09. The number of carbonyl (C=O) groups excluding carboxylic acids is 1. The van der Waals surface area contributed by atoms with Crippen LogP contribution in [0.4, 0.5) is 0 Å². The predicted molar refractivity (Wildman–Crippen MR) is 84.3 cm³/mol. The number of aromatic nitrogens is 1. The van der Waals surface area contributed by atoms with Gasteiger partial charge in [-0.3, -0.25) is 9.78 Å². The van der Waals surface area contributed by atoms with Crippen LogP contribution in [0.1, 0.15) is 45.0 Å². The highest BCUT2D eigenvalue weighted by Crippen LogP contribution is 2.19. The van der Waals surface area contributed by atoms with Crippen molar-refractivity contribution in [1.29, 1.82) is 0 Å². The molecule has 0 fully saturated rings. The van der Waals surface area contributed by atoms with Crippen LogP contribution >= 0.6 is 0 Å². The van der Waals surface area contributed by atoms with Gasteiger partial charge >= 0.3 is 0 Å². The van der Waals surface area contributed by atoms with Crippen LogP contribution in [0, 0.1) is 6.92 Å². The fourth-order valence-corrected chi connectivity index (χ4v) is 1.93. The van der Waals surface area contributed by atoms with E-state index in [4.69, 9.17) is 10.5 Å². The molecule has 118 valence electrons. The smallest absolute Gasteiger partial charge is 0.260 e. The zero-order valence-corrected chi connectivity index (χ0v) is 13.5. The minimum absolute atomic E-state index is 0.00432. The summed E-state index contributed by atoms with van der Waals surface area (Å²) < 4.78 is 5.76. The van der Waals surface area contributed by atoms with Gasteiger partial charge in [-0.1, -0.05) is 13.3 Å². The van der Waals surface area contributed by atoms with Crippen LogP contribution < -0.4 is 15.8 Å². The predicted octanol–water partition coefficient (Wildman–Crippen LogP) is 1.96. The summed E-state index contributed by atoms with van der Waals surface area (Å²) in [5.74, 6) is 0.534. The van der Waals surface area contributed by atoms with Crippen LogP contribution in [0.2, 0.25) is 0 Å². The molecule has 0 saturated heterocycles. The molecular weight excluding hydrogens is 266 g/mol. The van der Waals surface area contributed by atoms with Gasteiger partial charge in [0.05, 0.1) is 5.69 Å². The summed E-state index contributed by atoms with van der Waals surface area (Å²) in [4.78, 5) is 16.4. The van der Waals surface area contributed by atoms with Gasteiger partial charge in [0.25, 0.3) is 5.91 Å². The van der Waals surface area contributed by atoms with Gasteiger partial charge in [-0.2, -0.15) is 0 Å². The summed E-state index contributed by atoms with van der Waals surface area (Å²) in [5, 5.41) is 2.87. The van der Waals surface area contributed by atoms with E-state index in [1.165, 1.54) is 0 Å². The maximum Gasteiger partial charge on any atom is 0.260 e. The molecule has 0 saturated carbocycles. The Bertz CT molecular complexity index is 461. The van der Waals surface area contributed by atoms with Gasteiger partial charge in [-0.15, -0.1) is 0 Å². The Morgan fingerprint density at radius 2 is 2.14 bits per heavy atom. The first-order valence-electron chi connectivity index (χ1n) is 7.60. The number of ether oxygens (including phenoxy) is 1. The lowest BCUT2D eigenvalue weighted by Crippen LogP contribution is -2.37. The van der Waals surface area contributed by atoms with Gasteiger partial charge in [0, 0.05) is 24.7 Å². The van der Waals surface area contributed by atoms with Crippen molar-refractivity contribution in [3.63, 3.8) is 0 Å². The van der Waals surface area contributed by atoms with E-state index in [1.54, 1.807) is 6.92 Å². The van der Waals surface area contributed by atoms with Crippen LogP contribution in [-0.2, 0) is 11.2 Å². The van der Waals surface area contributed by atoms with Crippen molar-refractivity contribution in [2.24, 2.45) is 5.73 Å². The number of unbranched alkanes of at least 4 members (excludes halogenated alkanes) is 1. The minimum Gasteiger partial charge on any atom is -0.479 e. The first-order chi connectivity index (χ1) is 9.93. The van der Waals surface area contributed by atoms with Gasteiger partial charge in [-0.25, -0.2) is 0 Å². The summed E-state index contributed by atoms with van der Waals surface area (Å²) in [6.45, 7) is 8.37. The van der Waals surface area contributed by atoms with Gasteiger partial charge < -0.3 is 15.8 Å². The number of nitrogens with two attached hydrogens (primary N) is 1. The molecule has 5 heteroatoms. The number of hydrogen-bond acceptors (Lipinski definition) is 4. The topological polar surface area (TPSA) is 77.2 Å². The summed E-state index contributed by atoms with van der Waals surface area (Å²) in [5.41, 5.74) is 7.56. The Labute approximate surface area is 127 Å². The fraction of sp³-hybridized carbons (Fsp3) is 0.625. The number of amides is 1. The molecule has 1 aromatic rings. The standard InChI is InChI=1S/C16H27N3O2/c1-5-6-9-18-16(20)13(4)21-15-8-7-12(3)19-14(15)10-11(2)17/h7-8,11,13H,5-6,9-10,17H2,1-4H3,(H,18,20). The molecule has 0 aliphatic heterocycles. The Morgan fingerprint density at radius 1 is 1.43 bits per heavy atom. The van der Waals surface area contributed by atoms with E-state index in [1.807, 2.05) is 26.0 Å². The second-order valence-corrected chi connectivity index (χ2v) is 5.48. The van der Waals surface area contributed by atoms with Gasteiger partial charge in [0.1, 0.15) is 5.75 Å². The molecule has 0 aromatic carbocycles. The van der Waals surface area contributed by atoms with E-state index < -0.39 is 6.10 Å². The first kappa shape index (κ1) is 17.4. The molecule has 1 aromatic heterocycles. The van der Waals surface area contributed by atoms with E-state index >= 15 is 0 Å². The highest BCUT2D eigenvalue weighted by molar-refractivity contribution is 5.80. The van der Waals surface area contributed by atoms with Crippen molar-refractivity contribution in [3.05, 3.63) is 23.5 Å². The molecule has 0 aliphatic carbocycles. The Kier molecular flexibility index (Phi) is 7.15. The quantitative estimate of drug-likeness (QED) is 0.718. The Hall–Kier alpha value is -1.62.